The minimum absolute atomic E-state index is 0.148. The van der Waals surface area contributed by atoms with Gasteiger partial charge in [0.15, 0.2) is 5.78 Å². The monoisotopic (exact) mass is 450 g/mol. The smallest absolute Gasteiger partial charge is 0.164 e. The van der Waals surface area contributed by atoms with Gasteiger partial charge < -0.3 is 0 Å². The fraction of sp³-hybridized carbons (Fsp3) is 0.844. The van der Waals surface area contributed by atoms with Crippen molar-refractivity contribution in [3.63, 3.8) is 0 Å². The second kappa shape index (κ2) is 7.33. The van der Waals surface area contributed by atoms with E-state index in [4.69, 9.17) is 0 Å². The van der Waals surface area contributed by atoms with Gasteiger partial charge in [0.25, 0.3) is 0 Å². The van der Waals surface area contributed by atoms with Crippen molar-refractivity contribution in [3.05, 3.63) is 23.8 Å². The highest BCUT2D eigenvalue weighted by Crippen LogP contribution is 2.75. The first kappa shape index (κ1) is 23.9. The molecular weight excluding hydrogens is 400 g/mol. The summed E-state index contributed by atoms with van der Waals surface area (Å²) in [6.45, 7) is 23.8. The van der Waals surface area contributed by atoms with E-state index in [2.05, 4.69) is 68.0 Å². The summed E-state index contributed by atoms with van der Waals surface area (Å²) < 4.78 is 0. The Kier molecular flexibility index (Phi) is 5.30. The quantitative estimate of drug-likeness (QED) is 0.385. The average Bonchev–Trinajstić information content (AvgIpc) is 3.11. The Bertz CT molecular complexity index is 892. The summed E-state index contributed by atoms with van der Waals surface area (Å²) in [6, 6.07) is 0. The van der Waals surface area contributed by atoms with Crippen molar-refractivity contribution < 1.29 is 4.79 Å². The number of allylic oxidation sites excluding steroid dienone is 3. The number of carbonyl (C=O) groups is 1. The number of hydrogen-bond acceptors (Lipinski definition) is 1. The number of fused-ring (bicyclic) bond motifs is 7. The number of Topliss-reactive ketones (excluding diaryl/α,β-unsaturated/α-hetero) is 1. The third-order valence-corrected chi connectivity index (χ3v) is 13.2. The number of carbonyl (C=O) groups excluding carboxylic acids is 1. The number of hydrogen-bond donors (Lipinski definition) is 0. The van der Waals surface area contributed by atoms with Crippen LogP contribution >= 0.6 is 0 Å². The molecule has 1 heteroatoms. The molecule has 33 heavy (non-hydrogen) atoms. The molecule has 5 aliphatic carbocycles. The number of rotatable bonds is 2. The zero-order chi connectivity index (χ0) is 24.1. The molecule has 0 bridgehead atoms. The predicted molar refractivity (Wildman–Crippen MR) is 139 cm³/mol. The van der Waals surface area contributed by atoms with E-state index in [0.29, 0.717) is 28.4 Å². The van der Waals surface area contributed by atoms with Crippen molar-refractivity contribution in [3.8, 4) is 0 Å². The summed E-state index contributed by atoms with van der Waals surface area (Å²) in [5.41, 5.74) is 3.18. The van der Waals surface area contributed by atoms with Crippen LogP contribution in [-0.4, -0.2) is 5.78 Å². The van der Waals surface area contributed by atoms with Crippen LogP contribution in [0.2, 0.25) is 0 Å². The van der Waals surface area contributed by atoms with E-state index in [1.165, 1.54) is 56.9 Å². The highest BCUT2D eigenvalue weighted by molar-refractivity contribution is 6.00. The maximum Gasteiger partial charge on any atom is 0.164 e. The van der Waals surface area contributed by atoms with Gasteiger partial charge in [-0.05, 0) is 122 Å². The van der Waals surface area contributed by atoms with Gasteiger partial charge in [-0.25, -0.2) is 0 Å². The standard InChI is InChI=1S/C32H50O/c1-10-21-17-23(19(2)3)27-22(21)13-15-31(8)24(27)11-12-26-30(7)18-20(4)28(33)29(5,6)25(30)14-16-32(26,31)9/h18,21-27H,2,10-17H2,1,3-9H3/t21-,22?,23+,24-,25+,26-,27-,30+,31-,32-/m1/s1. The lowest BCUT2D eigenvalue weighted by Gasteiger charge is -2.71. The van der Waals surface area contributed by atoms with Crippen molar-refractivity contribution >= 4 is 5.78 Å². The molecule has 4 fully saturated rings. The molecule has 0 spiro atoms. The van der Waals surface area contributed by atoms with E-state index in [9.17, 15) is 4.79 Å². The Balaban J connectivity index is 1.57. The van der Waals surface area contributed by atoms with Crippen LogP contribution in [0.25, 0.3) is 0 Å². The van der Waals surface area contributed by atoms with Crippen LogP contribution < -0.4 is 0 Å². The van der Waals surface area contributed by atoms with Crippen molar-refractivity contribution in [2.75, 3.05) is 0 Å². The summed E-state index contributed by atoms with van der Waals surface area (Å²) >= 11 is 0. The first-order valence-corrected chi connectivity index (χ1v) is 14.2. The van der Waals surface area contributed by atoms with Crippen molar-refractivity contribution in [1.82, 2.24) is 0 Å². The minimum Gasteiger partial charge on any atom is -0.294 e. The molecule has 184 valence electrons. The van der Waals surface area contributed by atoms with Crippen LogP contribution in [0.3, 0.4) is 0 Å². The Hall–Kier alpha value is -0.850. The summed E-state index contributed by atoms with van der Waals surface area (Å²) in [4.78, 5) is 13.2. The van der Waals surface area contributed by atoms with E-state index >= 15 is 0 Å². The molecule has 4 saturated carbocycles. The fourth-order valence-electron chi connectivity index (χ4n) is 11.6. The summed E-state index contributed by atoms with van der Waals surface area (Å²) in [5, 5.41) is 0. The zero-order valence-corrected chi connectivity index (χ0v) is 22.9. The van der Waals surface area contributed by atoms with Crippen molar-refractivity contribution in [1.29, 1.82) is 0 Å². The Labute approximate surface area is 204 Å². The summed E-state index contributed by atoms with van der Waals surface area (Å²) in [5.74, 6) is 5.85. The number of ketones is 1. The molecule has 0 amide bonds. The maximum atomic E-state index is 13.2. The van der Waals surface area contributed by atoms with Gasteiger partial charge >= 0.3 is 0 Å². The second-order valence-corrected chi connectivity index (χ2v) is 14.5. The molecule has 0 N–H and O–H groups in total. The molecule has 0 aromatic carbocycles. The van der Waals surface area contributed by atoms with Crippen LogP contribution in [0.5, 0.6) is 0 Å². The van der Waals surface area contributed by atoms with Gasteiger partial charge in [0, 0.05) is 5.41 Å². The van der Waals surface area contributed by atoms with Gasteiger partial charge in [-0.15, -0.1) is 0 Å². The first-order chi connectivity index (χ1) is 15.3. The van der Waals surface area contributed by atoms with Gasteiger partial charge in [-0.1, -0.05) is 66.2 Å². The van der Waals surface area contributed by atoms with E-state index in [0.717, 1.165) is 35.2 Å². The van der Waals surface area contributed by atoms with Crippen LogP contribution in [0, 0.1) is 63.1 Å². The lowest BCUT2D eigenvalue weighted by atomic mass is 9.33. The molecule has 5 rings (SSSR count). The van der Waals surface area contributed by atoms with Crippen LogP contribution in [0.4, 0.5) is 0 Å². The lowest BCUT2D eigenvalue weighted by molar-refractivity contribution is -0.209. The molecule has 0 heterocycles. The highest BCUT2D eigenvalue weighted by atomic mass is 16.1. The molecule has 1 nitrogen and oxygen atoms in total. The van der Waals surface area contributed by atoms with Crippen LogP contribution in [0.15, 0.2) is 23.8 Å². The first-order valence-electron chi connectivity index (χ1n) is 14.2. The van der Waals surface area contributed by atoms with Crippen molar-refractivity contribution in [2.45, 2.75) is 107 Å². The fourth-order valence-corrected chi connectivity index (χ4v) is 11.6. The molecular formula is C32H50O. The van der Waals surface area contributed by atoms with Crippen molar-refractivity contribution in [2.24, 2.45) is 63.1 Å². The zero-order valence-electron chi connectivity index (χ0n) is 22.9. The normalized spacial score (nSPS) is 52.8. The van der Waals surface area contributed by atoms with Gasteiger partial charge in [-0.3, -0.25) is 4.79 Å². The molecule has 5 aliphatic rings. The topological polar surface area (TPSA) is 17.1 Å². The van der Waals surface area contributed by atoms with E-state index in [-0.39, 0.29) is 10.8 Å². The van der Waals surface area contributed by atoms with Gasteiger partial charge in [0.1, 0.15) is 0 Å². The molecule has 1 unspecified atom stereocenters. The summed E-state index contributed by atoms with van der Waals surface area (Å²) in [6.07, 6.45) is 13.3. The predicted octanol–water partition coefficient (Wildman–Crippen LogP) is 8.65. The second-order valence-electron chi connectivity index (χ2n) is 14.5. The van der Waals surface area contributed by atoms with E-state index in [1.807, 2.05) is 0 Å². The average molecular weight is 451 g/mol. The Morgan fingerprint density at radius 1 is 1.00 bits per heavy atom. The van der Waals surface area contributed by atoms with Gasteiger partial charge in [-0.2, -0.15) is 0 Å². The third-order valence-electron chi connectivity index (χ3n) is 13.2. The third kappa shape index (κ3) is 2.86. The lowest BCUT2D eigenvalue weighted by Crippen LogP contribution is -2.65. The van der Waals surface area contributed by atoms with Gasteiger partial charge in [0.05, 0.1) is 0 Å². The largest absolute Gasteiger partial charge is 0.294 e. The molecule has 0 aromatic heterocycles. The molecule has 0 aromatic rings. The molecule has 10 atom stereocenters. The van der Waals surface area contributed by atoms with Crippen LogP contribution in [-0.2, 0) is 4.79 Å². The maximum absolute atomic E-state index is 13.2. The molecule has 0 saturated heterocycles. The SMILES string of the molecule is C=C(C)[C@@H]1C[C@@H](CC)C2CC[C@]3(C)[C@H](CC[C@@H]4[C@@]5(C)C=C(C)C(=O)C(C)(C)[C@@H]5CC[C@]43C)[C@H]21. The van der Waals surface area contributed by atoms with Gasteiger partial charge in [0.2, 0.25) is 0 Å². The highest BCUT2D eigenvalue weighted by Gasteiger charge is 2.69. The Morgan fingerprint density at radius 3 is 2.30 bits per heavy atom. The summed E-state index contributed by atoms with van der Waals surface area (Å²) in [7, 11) is 0. The minimum atomic E-state index is -0.227. The van der Waals surface area contributed by atoms with Crippen LogP contribution in [0.1, 0.15) is 107 Å². The van der Waals surface area contributed by atoms with E-state index < -0.39 is 0 Å². The molecule has 0 radical (unpaired) electrons. The van der Waals surface area contributed by atoms with E-state index in [1.54, 1.807) is 0 Å². The molecule has 0 aliphatic heterocycles. The Morgan fingerprint density at radius 2 is 1.67 bits per heavy atom.